The number of nitrogens with one attached hydrogen (secondary N) is 1. The maximum atomic E-state index is 12.5. The van der Waals surface area contributed by atoms with E-state index in [0.29, 0.717) is 23.2 Å². The van der Waals surface area contributed by atoms with Crippen LogP contribution in [0, 0.1) is 0 Å². The van der Waals surface area contributed by atoms with Crippen LogP contribution in [0.2, 0.25) is 0 Å². The second-order valence-corrected chi connectivity index (χ2v) is 9.13. The third-order valence-electron chi connectivity index (χ3n) is 5.64. The minimum Gasteiger partial charge on any atom is -0.493 e. The molecule has 5 nitrogen and oxygen atoms in total. The fourth-order valence-corrected chi connectivity index (χ4v) is 4.41. The van der Waals surface area contributed by atoms with Gasteiger partial charge >= 0.3 is 0 Å². The predicted octanol–water partition coefficient (Wildman–Crippen LogP) is 7.71. The monoisotopic (exact) mass is 498 g/mol. The lowest BCUT2D eigenvalue weighted by atomic mass is 10.0. The summed E-state index contributed by atoms with van der Waals surface area (Å²) in [7, 11) is 1.61. The van der Waals surface area contributed by atoms with Crippen LogP contribution in [-0.4, -0.2) is 24.6 Å². The van der Waals surface area contributed by atoms with Crippen LogP contribution < -0.4 is 14.8 Å². The third kappa shape index (κ3) is 6.83. The van der Waals surface area contributed by atoms with Crippen LogP contribution in [0.1, 0.15) is 31.7 Å². The molecule has 0 radical (unpaired) electrons. The first-order valence-electron chi connectivity index (χ1n) is 12.1. The molecular formula is C30H30N2O3S. The Morgan fingerprint density at radius 1 is 0.944 bits per heavy atom. The number of rotatable bonds is 11. The van der Waals surface area contributed by atoms with E-state index in [1.54, 1.807) is 13.2 Å². The Labute approximate surface area is 216 Å². The van der Waals surface area contributed by atoms with Gasteiger partial charge in [0.25, 0.3) is 0 Å². The number of thiazole rings is 1. The van der Waals surface area contributed by atoms with Gasteiger partial charge in [-0.2, -0.15) is 0 Å². The number of hydrogen-bond acceptors (Lipinski definition) is 5. The summed E-state index contributed by atoms with van der Waals surface area (Å²) in [5.41, 5.74) is 5.01. The van der Waals surface area contributed by atoms with E-state index in [4.69, 9.17) is 9.47 Å². The highest BCUT2D eigenvalue weighted by Crippen LogP contribution is 2.30. The number of ether oxygens (including phenoxy) is 2. The van der Waals surface area contributed by atoms with E-state index in [2.05, 4.69) is 41.5 Å². The SMILES string of the molecule is CCCCCOc1ccc(/C=C/C(=O)Nc2nc(-c3ccc(-c4ccccc4)cc3)cs2)cc1OC. The molecule has 0 spiro atoms. The van der Waals surface area contributed by atoms with Crippen molar-refractivity contribution in [1.82, 2.24) is 4.98 Å². The molecule has 0 saturated heterocycles. The Morgan fingerprint density at radius 3 is 2.44 bits per heavy atom. The quantitative estimate of drug-likeness (QED) is 0.170. The highest BCUT2D eigenvalue weighted by atomic mass is 32.1. The van der Waals surface area contributed by atoms with Gasteiger partial charge in [-0.25, -0.2) is 4.98 Å². The summed E-state index contributed by atoms with van der Waals surface area (Å²) < 4.78 is 11.3. The molecule has 0 fully saturated rings. The number of methoxy groups -OCH3 is 1. The number of hydrogen-bond donors (Lipinski definition) is 1. The van der Waals surface area contributed by atoms with Gasteiger partial charge in [0.1, 0.15) is 0 Å². The van der Waals surface area contributed by atoms with Crippen LogP contribution in [0.15, 0.2) is 84.3 Å². The Balaban J connectivity index is 1.35. The Kier molecular flexibility index (Phi) is 8.89. The molecule has 36 heavy (non-hydrogen) atoms. The Morgan fingerprint density at radius 2 is 1.69 bits per heavy atom. The minimum absolute atomic E-state index is 0.241. The number of aromatic nitrogens is 1. The summed E-state index contributed by atoms with van der Waals surface area (Å²) in [4.78, 5) is 17.0. The lowest BCUT2D eigenvalue weighted by Crippen LogP contribution is -2.07. The molecule has 0 bridgehead atoms. The number of anilines is 1. The zero-order chi connectivity index (χ0) is 25.2. The summed E-state index contributed by atoms with van der Waals surface area (Å²) in [6.07, 6.45) is 6.54. The first kappa shape index (κ1) is 25.2. The molecule has 0 unspecified atom stereocenters. The molecule has 0 atom stereocenters. The van der Waals surface area contributed by atoms with Gasteiger partial charge in [0.15, 0.2) is 16.6 Å². The van der Waals surface area contributed by atoms with Crippen LogP contribution in [0.3, 0.4) is 0 Å². The van der Waals surface area contributed by atoms with Crippen molar-refractivity contribution in [3.05, 3.63) is 89.8 Å². The molecule has 1 aromatic heterocycles. The van der Waals surface area contributed by atoms with Crippen molar-refractivity contribution in [2.24, 2.45) is 0 Å². The predicted molar refractivity (Wildman–Crippen MR) is 149 cm³/mol. The van der Waals surface area contributed by atoms with Gasteiger partial charge in [-0.05, 0) is 41.3 Å². The van der Waals surface area contributed by atoms with Crippen LogP contribution in [0.5, 0.6) is 11.5 Å². The van der Waals surface area contributed by atoms with Crippen LogP contribution in [0.25, 0.3) is 28.5 Å². The largest absolute Gasteiger partial charge is 0.493 e. The number of carbonyl (C=O) groups excluding carboxylic acids is 1. The fraction of sp³-hybridized carbons (Fsp3) is 0.200. The topological polar surface area (TPSA) is 60.5 Å². The van der Waals surface area contributed by atoms with Gasteiger partial charge in [-0.1, -0.05) is 80.4 Å². The normalized spacial score (nSPS) is 10.9. The van der Waals surface area contributed by atoms with Crippen LogP contribution >= 0.6 is 11.3 Å². The van der Waals surface area contributed by atoms with Gasteiger partial charge in [0.2, 0.25) is 5.91 Å². The van der Waals surface area contributed by atoms with E-state index in [9.17, 15) is 4.79 Å². The van der Waals surface area contributed by atoms with E-state index in [1.807, 2.05) is 53.9 Å². The van der Waals surface area contributed by atoms with Crippen molar-refractivity contribution in [1.29, 1.82) is 0 Å². The van der Waals surface area contributed by atoms with Gasteiger partial charge in [-0.3, -0.25) is 10.1 Å². The van der Waals surface area contributed by atoms with E-state index < -0.39 is 0 Å². The summed E-state index contributed by atoms with van der Waals surface area (Å²) in [5.74, 6) is 1.12. The number of unbranched alkanes of at least 4 members (excludes halogenated alkanes) is 2. The maximum absolute atomic E-state index is 12.5. The molecule has 0 aliphatic carbocycles. The lowest BCUT2D eigenvalue weighted by molar-refractivity contribution is -0.111. The molecule has 3 aromatic carbocycles. The van der Waals surface area contributed by atoms with E-state index in [1.165, 1.54) is 23.0 Å². The third-order valence-corrected chi connectivity index (χ3v) is 6.40. The summed E-state index contributed by atoms with van der Waals surface area (Å²) in [6, 6.07) is 24.2. The molecule has 6 heteroatoms. The summed E-state index contributed by atoms with van der Waals surface area (Å²) >= 11 is 1.40. The molecule has 1 heterocycles. The minimum atomic E-state index is -0.241. The van der Waals surface area contributed by atoms with E-state index in [0.717, 1.165) is 41.6 Å². The molecule has 4 aromatic rings. The molecular weight excluding hydrogens is 468 g/mol. The van der Waals surface area contributed by atoms with Crippen molar-refractivity contribution < 1.29 is 14.3 Å². The van der Waals surface area contributed by atoms with Gasteiger partial charge < -0.3 is 9.47 Å². The average molecular weight is 499 g/mol. The zero-order valence-corrected chi connectivity index (χ0v) is 21.4. The summed E-state index contributed by atoms with van der Waals surface area (Å²) in [6.45, 7) is 2.82. The highest BCUT2D eigenvalue weighted by molar-refractivity contribution is 7.14. The summed E-state index contributed by atoms with van der Waals surface area (Å²) in [5, 5.41) is 5.35. The second-order valence-electron chi connectivity index (χ2n) is 8.27. The molecule has 4 rings (SSSR count). The van der Waals surface area contributed by atoms with Crippen molar-refractivity contribution in [2.45, 2.75) is 26.2 Å². The van der Waals surface area contributed by atoms with Crippen molar-refractivity contribution in [2.75, 3.05) is 19.0 Å². The standard InChI is InChI=1S/C30H30N2O3S/c1-3-4-8-19-35-27-17-11-22(20-28(27)34-2)12-18-29(33)32-30-31-26(21-36-30)25-15-13-24(14-16-25)23-9-6-5-7-10-23/h5-7,9-18,20-21H,3-4,8,19H2,1-2H3,(H,31,32,33)/b18-12+. The van der Waals surface area contributed by atoms with E-state index in [-0.39, 0.29) is 5.91 Å². The Bertz CT molecular complexity index is 1300. The smallest absolute Gasteiger partial charge is 0.250 e. The van der Waals surface area contributed by atoms with Gasteiger partial charge in [-0.15, -0.1) is 11.3 Å². The van der Waals surface area contributed by atoms with Crippen LogP contribution in [-0.2, 0) is 4.79 Å². The second kappa shape index (κ2) is 12.7. The zero-order valence-electron chi connectivity index (χ0n) is 20.6. The van der Waals surface area contributed by atoms with Gasteiger partial charge in [0.05, 0.1) is 19.4 Å². The number of benzene rings is 3. The molecule has 0 aliphatic rings. The van der Waals surface area contributed by atoms with Crippen LogP contribution in [0.4, 0.5) is 5.13 Å². The first-order chi connectivity index (χ1) is 17.7. The Hall–Kier alpha value is -3.90. The molecule has 1 N–H and O–H groups in total. The number of carbonyl (C=O) groups is 1. The number of nitrogens with zero attached hydrogens (tertiary/aromatic N) is 1. The van der Waals surface area contributed by atoms with Crippen molar-refractivity contribution in [3.8, 4) is 33.9 Å². The maximum Gasteiger partial charge on any atom is 0.250 e. The average Bonchev–Trinajstić information content (AvgIpc) is 3.39. The van der Waals surface area contributed by atoms with Gasteiger partial charge in [0, 0.05) is 17.0 Å². The highest BCUT2D eigenvalue weighted by Gasteiger charge is 2.08. The first-order valence-corrected chi connectivity index (χ1v) is 13.0. The van der Waals surface area contributed by atoms with Crippen molar-refractivity contribution in [3.63, 3.8) is 0 Å². The molecule has 184 valence electrons. The van der Waals surface area contributed by atoms with E-state index >= 15 is 0 Å². The molecule has 0 saturated carbocycles. The number of amides is 1. The molecule has 0 aliphatic heterocycles. The van der Waals surface area contributed by atoms with Crippen molar-refractivity contribution >= 4 is 28.5 Å². The molecule has 1 amide bonds. The lowest BCUT2D eigenvalue weighted by Gasteiger charge is -2.11. The fourth-order valence-electron chi connectivity index (χ4n) is 3.69.